The number of aliphatic hydroxyl groups is 1. The number of carbonyl (C=O) groups is 3. The van der Waals surface area contributed by atoms with Crippen molar-refractivity contribution in [1.82, 2.24) is 0 Å². The Morgan fingerprint density at radius 1 is 0.372 bits per heavy atom. The number of esters is 3. The predicted molar refractivity (Wildman–Crippen MR) is 325 cm³/mol. The number of phosphoric ester groups is 1. The molecular formula is C66H119O11P. The average molecular weight is 1120 g/mol. The Morgan fingerprint density at radius 3 is 1.06 bits per heavy atom. The first-order valence-corrected chi connectivity index (χ1v) is 33.7. The quantitative estimate of drug-likeness (QED) is 0.0197. The summed E-state index contributed by atoms with van der Waals surface area (Å²) in [6.07, 6.45) is 67.5. The molecule has 0 amide bonds. The van der Waals surface area contributed by atoms with Crippen LogP contribution >= 0.6 is 7.82 Å². The van der Waals surface area contributed by atoms with Crippen LogP contribution in [0.5, 0.6) is 0 Å². The fourth-order valence-electron chi connectivity index (χ4n) is 9.05. The van der Waals surface area contributed by atoms with E-state index in [-0.39, 0.29) is 25.9 Å². The zero-order valence-corrected chi connectivity index (χ0v) is 51.3. The number of carbonyl (C=O) groups excluding carboxylic acids is 3. The third-order valence-electron chi connectivity index (χ3n) is 13.9. The van der Waals surface area contributed by atoms with Crippen LogP contribution < -0.4 is 0 Å². The predicted octanol–water partition coefficient (Wildman–Crippen LogP) is 19.5. The maximum atomic E-state index is 13.0. The van der Waals surface area contributed by atoms with E-state index in [9.17, 15) is 28.9 Å². The lowest BCUT2D eigenvalue weighted by Gasteiger charge is -2.21. The number of ether oxygens (including phenoxy) is 3. The molecule has 0 spiro atoms. The molecule has 454 valence electrons. The van der Waals surface area contributed by atoms with Gasteiger partial charge in [-0.2, -0.15) is 0 Å². The molecule has 0 rings (SSSR count). The molecular weight excluding hydrogens is 1000 g/mol. The van der Waals surface area contributed by atoms with Crippen LogP contribution in [0.4, 0.5) is 0 Å². The fraction of sp³-hybridized carbons (Fsp3) is 0.803. The Hall–Kier alpha value is -2.82. The minimum absolute atomic E-state index is 0.125. The average Bonchev–Trinajstić information content (AvgIpc) is 3.43. The normalized spacial score (nSPS) is 13.7. The van der Waals surface area contributed by atoms with Gasteiger partial charge in [-0.05, 0) is 83.5 Å². The molecule has 3 unspecified atom stereocenters. The summed E-state index contributed by atoms with van der Waals surface area (Å²) in [5.74, 6) is -1.49. The summed E-state index contributed by atoms with van der Waals surface area (Å²) < 4.78 is 39.6. The highest BCUT2D eigenvalue weighted by Crippen LogP contribution is 2.43. The zero-order chi connectivity index (χ0) is 56.9. The topological polar surface area (TPSA) is 155 Å². The molecule has 0 aromatic rings. The van der Waals surface area contributed by atoms with E-state index in [2.05, 4.69) is 81.5 Å². The van der Waals surface area contributed by atoms with Crippen LogP contribution in [0.2, 0.25) is 0 Å². The lowest BCUT2D eigenvalue weighted by molar-refractivity contribution is -0.161. The van der Waals surface area contributed by atoms with E-state index >= 15 is 0 Å². The van der Waals surface area contributed by atoms with Crippen LogP contribution in [0.1, 0.15) is 303 Å². The van der Waals surface area contributed by atoms with Crippen molar-refractivity contribution in [1.29, 1.82) is 0 Å². The van der Waals surface area contributed by atoms with Gasteiger partial charge < -0.3 is 24.2 Å². The van der Waals surface area contributed by atoms with Crippen molar-refractivity contribution in [2.75, 3.05) is 26.4 Å². The number of unbranched alkanes of at least 4 members (excludes halogenated alkanes) is 33. The van der Waals surface area contributed by atoms with E-state index in [1.807, 2.05) is 0 Å². The molecule has 0 aromatic heterocycles. The van der Waals surface area contributed by atoms with E-state index in [1.165, 1.54) is 161 Å². The van der Waals surface area contributed by atoms with Gasteiger partial charge in [0.05, 0.1) is 19.8 Å². The highest BCUT2D eigenvalue weighted by Gasteiger charge is 2.28. The largest absolute Gasteiger partial charge is 0.472 e. The number of phosphoric acid groups is 1. The fourth-order valence-corrected chi connectivity index (χ4v) is 9.83. The first-order valence-electron chi connectivity index (χ1n) is 32.2. The van der Waals surface area contributed by atoms with E-state index in [0.29, 0.717) is 19.3 Å². The molecule has 0 saturated heterocycles. The first kappa shape index (κ1) is 75.2. The molecule has 0 aromatic carbocycles. The highest BCUT2D eigenvalue weighted by atomic mass is 31.2. The molecule has 0 saturated carbocycles. The van der Waals surface area contributed by atoms with Crippen LogP contribution in [0.3, 0.4) is 0 Å². The molecule has 0 aliphatic carbocycles. The van der Waals surface area contributed by atoms with Gasteiger partial charge in [0.1, 0.15) is 12.7 Å². The van der Waals surface area contributed by atoms with Crippen LogP contribution in [0.25, 0.3) is 0 Å². The van der Waals surface area contributed by atoms with Gasteiger partial charge in [-0.1, -0.05) is 261 Å². The van der Waals surface area contributed by atoms with Crippen molar-refractivity contribution in [3.05, 3.63) is 60.8 Å². The molecule has 0 aliphatic heterocycles. The number of allylic oxidation sites excluding steroid dienone is 10. The molecule has 2 N–H and O–H groups in total. The number of aliphatic hydroxyl groups excluding tert-OH is 1. The molecule has 0 aliphatic rings. The molecule has 0 heterocycles. The number of hydrogen-bond acceptors (Lipinski definition) is 10. The molecule has 78 heavy (non-hydrogen) atoms. The second-order valence-electron chi connectivity index (χ2n) is 21.6. The van der Waals surface area contributed by atoms with Gasteiger partial charge in [0, 0.05) is 19.3 Å². The van der Waals surface area contributed by atoms with E-state index in [4.69, 9.17) is 23.3 Å². The van der Waals surface area contributed by atoms with Gasteiger partial charge in [0.15, 0.2) is 6.10 Å². The smallest absolute Gasteiger partial charge is 0.462 e. The maximum Gasteiger partial charge on any atom is 0.472 e. The van der Waals surface area contributed by atoms with Crippen molar-refractivity contribution in [2.45, 2.75) is 315 Å². The van der Waals surface area contributed by atoms with Crippen LogP contribution in [-0.2, 0) is 42.2 Å². The third-order valence-corrected chi connectivity index (χ3v) is 14.9. The Morgan fingerprint density at radius 2 is 0.667 bits per heavy atom. The van der Waals surface area contributed by atoms with Gasteiger partial charge in [0.25, 0.3) is 0 Å². The van der Waals surface area contributed by atoms with Crippen molar-refractivity contribution >= 4 is 25.7 Å². The minimum atomic E-state index is -4.76. The highest BCUT2D eigenvalue weighted by molar-refractivity contribution is 7.47. The Balaban J connectivity index is 4.71. The lowest BCUT2D eigenvalue weighted by Crippen LogP contribution is -2.30. The summed E-state index contributed by atoms with van der Waals surface area (Å²) in [7, 11) is -4.76. The first-order chi connectivity index (χ1) is 38.2. The van der Waals surface area contributed by atoms with Crippen molar-refractivity contribution in [2.24, 2.45) is 0 Å². The maximum absolute atomic E-state index is 13.0. The van der Waals surface area contributed by atoms with Gasteiger partial charge in [-0.25, -0.2) is 4.57 Å². The van der Waals surface area contributed by atoms with Crippen LogP contribution in [-0.4, -0.2) is 66.5 Å². The van der Waals surface area contributed by atoms with E-state index in [1.54, 1.807) is 0 Å². The van der Waals surface area contributed by atoms with Gasteiger partial charge in [0.2, 0.25) is 0 Å². The Bertz CT molecular complexity index is 1540. The van der Waals surface area contributed by atoms with Crippen molar-refractivity contribution in [3.8, 4) is 0 Å². The summed E-state index contributed by atoms with van der Waals surface area (Å²) in [4.78, 5) is 48.7. The molecule has 3 atom stereocenters. The number of rotatable bonds is 60. The zero-order valence-electron chi connectivity index (χ0n) is 50.4. The molecule has 12 heteroatoms. The van der Waals surface area contributed by atoms with Crippen molar-refractivity contribution < 1.29 is 52.2 Å². The second kappa shape index (κ2) is 60.3. The Kier molecular flexibility index (Phi) is 58.1. The SMILES string of the molecule is CC/C=C\C/C=C\C/C=C\C/C=C\CCCCC(=O)OC(CO)COP(=O)(O)OCC(COC(=O)CCCCCCCCCCCCCCCCCCCCC)OC(=O)CCCCCCCCC/C=C\CCCCCCCC. The summed E-state index contributed by atoms with van der Waals surface area (Å²) in [6.45, 7) is 4.53. The third kappa shape index (κ3) is 57.9. The summed E-state index contributed by atoms with van der Waals surface area (Å²) in [5.41, 5.74) is 0. The molecule has 0 fully saturated rings. The summed E-state index contributed by atoms with van der Waals surface area (Å²) >= 11 is 0. The molecule has 0 radical (unpaired) electrons. The summed E-state index contributed by atoms with van der Waals surface area (Å²) in [5, 5.41) is 9.83. The minimum Gasteiger partial charge on any atom is -0.462 e. The van der Waals surface area contributed by atoms with Gasteiger partial charge >= 0.3 is 25.7 Å². The van der Waals surface area contributed by atoms with Gasteiger partial charge in [-0.3, -0.25) is 23.4 Å². The summed E-state index contributed by atoms with van der Waals surface area (Å²) in [6, 6.07) is 0. The van der Waals surface area contributed by atoms with E-state index in [0.717, 1.165) is 83.5 Å². The Labute approximate surface area is 478 Å². The van der Waals surface area contributed by atoms with Crippen LogP contribution in [0, 0.1) is 0 Å². The molecule has 0 bridgehead atoms. The van der Waals surface area contributed by atoms with Crippen molar-refractivity contribution in [3.63, 3.8) is 0 Å². The molecule has 11 nitrogen and oxygen atoms in total. The van der Waals surface area contributed by atoms with E-state index < -0.39 is 57.8 Å². The van der Waals surface area contributed by atoms with Crippen LogP contribution in [0.15, 0.2) is 60.8 Å². The standard InChI is InChI=1S/C66H119O11P/c1-4-7-10-13-16-19-22-25-28-30-31-33-35-37-40-43-46-49-52-55-64(68)73-59-63(77-66(70)57-54-51-48-45-42-39-36-32-29-26-23-20-17-14-11-8-5-2)61-75-78(71,72)74-60-62(58-67)76-65(69)56-53-50-47-44-41-38-34-27-24-21-18-15-12-9-6-3/h9,12,18,21,26-27,29,34,41,44,62-63,67H,4-8,10-11,13-17,19-20,22-25,28,30-33,35-40,42-43,45-61H2,1-3H3,(H,71,72)/b12-9-,21-18-,29-26-,34-27-,44-41-. The monoisotopic (exact) mass is 1120 g/mol. The van der Waals surface area contributed by atoms with Gasteiger partial charge in [-0.15, -0.1) is 0 Å². The second-order valence-corrected chi connectivity index (χ2v) is 23.0. The lowest BCUT2D eigenvalue weighted by atomic mass is 10.0. The number of hydrogen-bond donors (Lipinski definition) is 2.